The summed E-state index contributed by atoms with van der Waals surface area (Å²) in [4.78, 5) is 0.268. The minimum Gasteiger partial charge on any atom is -0.487 e. The number of hydrogen-bond acceptors (Lipinski definition) is 4. The molecule has 1 aromatic rings. The standard InChI is InChI=1S/C9H11NO3S/c10-5-7-6-14(11,12)9-4-2-1-3-8(9)13-7/h1-4,7H,5-6,10H2/t7-/m1/s1. The lowest BCUT2D eigenvalue weighted by Gasteiger charge is -2.24. The smallest absolute Gasteiger partial charge is 0.185 e. The van der Waals surface area contributed by atoms with Gasteiger partial charge in [-0.15, -0.1) is 0 Å². The van der Waals surface area contributed by atoms with Gasteiger partial charge in [-0.05, 0) is 12.1 Å². The SMILES string of the molecule is NC[C@@H]1CS(=O)(=O)c2ccccc2O1. The maximum absolute atomic E-state index is 11.7. The van der Waals surface area contributed by atoms with Gasteiger partial charge < -0.3 is 10.5 Å². The van der Waals surface area contributed by atoms with Crippen LogP contribution in [0.5, 0.6) is 5.75 Å². The Hall–Kier alpha value is -1.07. The summed E-state index contributed by atoms with van der Waals surface area (Å²) in [6.07, 6.45) is -0.421. The van der Waals surface area contributed by atoms with Crippen LogP contribution in [0.2, 0.25) is 0 Å². The van der Waals surface area contributed by atoms with E-state index in [1.165, 1.54) is 0 Å². The van der Waals surface area contributed by atoms with Crippen LogP contribution in [-0.4, -0.2) is 26.8 Å². The summed E-state index contributed by atoms with van der Waals surface area (Å²) in [5.41, 5.74) is 5.39. The van der Waals surface area contributed by atoms with Crippen molar-refractivity contribution in [2.24, 2.45) is 5.73 Å². The fraction of sp³-hybridized carbons (Fsp3) is 0.333. The van der Waals surface area contributed by atoms with Crippen molar-refractivity contribution < 1.29 is 13.2 Å². The number of benzene rings is 1. The van der Waals surface area contributed by atoms with Gasteiger partial charge in [-0.2, -0.15) is 0 Å². The zero-order valence-corrected chi connectivity index (χ0v) is 8.33. The number of sulfone groups is 1. The first kappa shape index (κ1) is 9.48. The average molecular weight is 213 g/mol. The molecule has 1 aliphatic heterocycles. The molecule has 0 fully saturated rings. The van der Waals surface area contributed by atoms with Crippen molar-refractivity contribution in [3.05, 3.63) is 24.3 Å². The molecule has 1 atom stereocenters. The van der Waals surface area contributed by atoms with E-state index >= 15 is 0 Å². The van der Waals surface area contributed by atoms with Gasteiger partial charge >= 0.3 is 0 Å². The average Bonchev–Trinajstić information content (AvgIpc) is 2.17. The Labute approximate surface area is 82.6 Å². The Morgan fingerprint density at radius 3 is 2.86 bits per heavy atom. The second kappa shape index (κ2) is 3.25. The van der Waals surface area contributed by atoms with Crippen molar-refractivity contribution in [1.29, 1.82) is 0 Å². The molecule has 0 bridgehead atoms. The maximum atomic E-state index is 11.7. The van der Waals surface area contributed by atoms with Gasteiger partial charge in [0.05, 0.1) is 5.75 Å². The van der Waals surface area contributed by atoms with Crippen molar-refractivity contribution in [2.45, 2.75) is 11.0 Å². The van der Waals surface area contributed by atoms with E-state index in [2.05, 4.69) is 0 Å². The fourth-order valence-corrected chi connectivity index (χ4v) is 3.05. The molecule has 14 heavy (non-hydrogen) atoms. The Morgan fingerprint density at radius 1 is 1.43 bits per heavy atom. The molecule has 0 saturated heterocycles. The van der Waals surface area contributed by atoms with Crippen LogP contribution in [0.1, 0.15) is 0 Å². The van der Waals surface area contributed by atoms with Gasteiger partial charge in [0.15, 0.2) is 9.84 Å². The summed E-state index contributed by atoms with van der Waals surface area (Å²) >= 11 is 0. The van der Waals surface area contributed by atoms with Gasteiger partial charge in [0.25, 0.3) is 0 Å². The van der Waals surface area contributed by atoms with Crippen LogP contribution in [0.15, 0.2) is 29.2 Å². The van der Waals surface area contributed by atoms with Crippen LogP contribution in [0.3, 0.4) is 0 Å². The van der Waals surface area contributed by atoms with Crippen LogP contribution in [0, 0.1) is 0 Å². The van der Waals surface area contributed by atoms with Gasteiger partial charge in [-0.25, -0.2) is 8.42 Å². The fourth-order valence-electron chi connectivity index (χ4n) is 1.47. The van der Waals surface area contributed by atoms with Crippen molar-refractivity contribution in [3.8, 4) is 5.75 Å². The largest absolute Gasteiger partial charge is 0.487 e. The Morgan fingerprint density at radius 2 is 2.14 bits per heavy atom. The minimum atomic E-state index is -3.21. The van der Waals surface area contributed by atoms with Crippen molar-refractivity contribution in [1.82, 2.24) is 0 Å². The molecule has 5 heteroatoms. The van der Waals surface area contributed by atoms with Crippen LogP contribution < -0.4 is 10.5 Å². The summed E-state index contributed by atoms with van der Waals surface area (Å²) in [5, 5.41) is 0. The monoisotopic (exact) mass is 213 g/mol. The lowest BCUT2D eigenvalue weighted by molar-refractivity contribution is 0.218. The van der Waals surface area contributed by atoms with Gasteiger partial charge in [0.1, 0.15) is 16.7 Å². The molecule has 0 saturated carbocycles. The van der Waals surface area contributed by atoms with Crippen LogP contribution >= 0.6 is 0 Å². The zero-order chi connectivity index (χ0) is 10.2. The van der Waals surface area contributed by atoms with Gasteiger partial charge in [0.2, 0.25) is 0 Å². The highest BCUT2D eigenvalue weighted by molar-refractivity contribution is 7.91. The van der Waals surface area contributed by atoms with Gasteiger partial charge in [-0.1, -0.05) is 12.1 Å². The second-order valence-corrected chi connectivity index (χ2v) is 5.21. The molecule has 1 heterocycles. The van der Waals surface area contributed by atoms with Crippen LogP contribution in [0.4, 0.5) is 0 Å². The number of hydrogen-bond donors (Lipinski definition) is 1. The predicted molar refractivity (Wildman–Crippen MR) is 52.0 cm³/mol. The number of ether oxygens (including phenoxy) is 1. The predicted octanol–water partition coefficient (Wildman–Crippen LogP) is 0.180. The number of rotatable bonds is 1. The Bertz CT molecular complexity index is 441. The zero-order valence-electron chi connectivity index (χ0n) is 7.51. The molecule has 2 rings (SSSR count). The summed E-state index contributed by atoms with van der Waals surface area (Å²) in [6.45, 7) is 0.216. The molecule has 0 aromatic heterocycles. The van der Waals surface area contributed by atoms with Crippen molar-refractivity contribution in [2.75, 3.05) is 12.3 Å². The third-order valence-corrected chi connectivity index (χ3v) is 3.96. The first-order chi connectivity index (χ1) is 6.63. The van der Waals surface area contributed by atoms with E-state index in [1.807, 2.05) is 0 Å². The number of para-hydroxylation sites is 1. The first-order valence-electron chi connectivity index (χ1n) is 4.32. The number of fused-ring (bicyclic) bond motifs is 1. The van der Waals surface area contributed by atoms with Crippen LogP contribution in [0.25, 0.3) is 0 Å². The second-order valence-electron chi connectivity index (χ2n) is 3.20. The lowest BCUT2D eigenvalue weighted by Crippen LogP contribution is -2.37. The van der Waals surface area contributed by atoms with E-state index in [4.69, 9.17) is 10.5 Å². The molecular weight excluding hydrogens is 202 g/mol. The van der Waals surface area contributed by atoms with Crippen molar-refractivity contribution in [3.63, 3.8) is 0 Å². The van der Waals surface area contributed by atoms with E-state index in [1.54, 1.807) is 24.3 Å². The third-order valence-electron chi connectivity index (χ3n) is 2.15. The molecule has 0 spiro atoms. The lowest BCUT2D eigenvalue weighted by atomic mass is 10.3. The van der Waals surface area contributed by atoms with Gasteiger partial charge in [0, 0.05) is 6.54 Å². The highest BCUT2D eigenvalue weighted by atomic mass is 32.2. The van der Waals surface area contributed by atoms with E-state index in [0.717, 1.165) is 0 Å². The summed E-state index contributed by atoms with van der Waals surface area (Å²) in [7, 11) is -3.21. The molecule has 0 radical (unpaired) electrons. The molecule has 76 valence electrons. The normalized spacial score (nSPS) is 23.6. The van der Waals surface area contributed by atoms with E-state index in [-0.39, 0.29) is 17.2 Å². The van der Waals surface area contributed by atoms with E-state index < -0.39 is 15.9 Å². The third kappa shape index (κ3) is 1.49. The van der Waals surface area contributed by atoms with E-state index in [0.29, 0.717) is 5.75 Å². The molecule has 0 amide bonds. The number of nitrogens with two attached hydrogens (primary N) is 1. The van der Waals surface area contributed by atoms with Crippen molar-refractivity contribution >= 4 is 9.84 Å². The first-order valence-corrected chi connectivity index (χ1v) is 5.97. The molecule has 4 nitrogen and oxygen atoms in total. The minimum absolute atomic E-state index is 0.0273. The Kier molecular flexibility index (Phi) is 2.20. The maximum Gasteiger partial charge on any atom is 0.185 e. The molecule has 2 N–H and O–H groups in total. The highest BCUT2D eigenvalue weighted by Gasteiger charge is 2.30. The molecule has 0 unspecified atom stereocenters. The quantitative estimate of drug-likeness (QED) is 0.722. The molecule has 1 aromatic carbocycles. The summed E-state index contributed by atoms with van der Waals surface area (Å²) in [5.74, 6) is 0.384. The summed E-state index contributed by atoms with van der Waals surface area (Å²) < 4.78 is 28.8. The molecule has 0 aliphatic carbocycles. The highest BCUT2D eigenvalue weighted by Crippen LogP contribution is 2.29. The van der Waals surface area contributed by atoms with E-state index in [9.17, 15) is 8.42 Å². The molecule has 1 aliphatic rings. The molecular formula is C9H11NO3S. The Balaban J connectivity index is 2.53. The van der Waals surface area contributed by atoms with Crippen LogP contribution in [-0.2, 0) is 9.84 Å². The summed E-state index contributed by atoms with van der Waals surface area (Å²) in [6, 6.07) is 6.63. The topological polar surface area (TPSA) is 69.4 Å². The van der Waals surface area contributed by atoms with Gasteiger partial charge in [-0.3, -0.25) is 0 Å².